The number of benzene rings is 8. The first-order valence-corrected chi connectivity index (χ1v) is 20.1. The summed E-state index contributed by atoms with van der Waals surface area (Å²) in [6.07, 6.45) is 0. The summed E-state index contributed by atoms with van der Waals surface area (Å²) >= 11 is 0. The van der Waals surface area contributed by atoms with Gasteiger partial charge in [0.2, 0.25) is 0 Å². The minimum absolute atomic E-state index is 0.104. The van der Waals surface area contributed by atoms with Crippen molar-refractivity contribution in [3.8, 4) is 44.5 Å². The summed E-state index contributed by atoms with van der Waals surface area (Å²) in [7, 11) is 0. The number of hydrogen-bond acceptors (Lipinski definition) is 1. The first-order valence-electron chi connectivity index (χ1n) is 20.1. The Morgan fingerprint density at radius 2 is 0.750 bits per heavy atom. The molecule has 0 aromatic heterocycles. The van der Waals surface area contributed by atoms with Gasteiger partial charge < -0.3 is 4.90 Å². The van der Waals surface area contributed by atoms with E-state index in [0.717, 1.165) is 11.4 Å². The molecule has 0 heterocycles. The number of rotatable bonds is 5. The molecule has 56 heavy (non-hydrogen) atoms. The van der Waals surface area contributed by atoms with E-state index in [9.17, 15) is 0 Å². The van der Waals surface area contributed by atoms with E-state index in [-0.39, 0.29) is 10.8 Å². The molecule has 1 nitrogen and oxygen atoms in total. The average molecular weight is 726 g/mol. The van der Waals surface area contributed by atoms with Gasteiger partial charge >= 0.3 is 0 Å². The maximum absolute atomic E-state index is 2.43. The third-order valence-corrected chi connectivity index (χ3v) is 12.2. The lowest BCUT2D eigenvalue weighted by Gasteiger charge is -2.28. The van der Waals surface area contributed by atoms with Crippen LogP contribution in [0.1, 0.15) is 69.4 Å². The smallest absolute Gasteiger partial charge is 0.0468 e. The van der Waals surface area contributed by atoms with E-state index >= 15 is 0 Å². The second kappa shape index (κ2) is 13.1. The summed E-state index contributed by atoms with van der Waals surface area (Å²) in [5.74, 6) is 0. The number of para-hydroxylation sites is 1. The van der Waals surface area contributed by atoms with Crippen LogP contribution in [0.4, 0.5) is 17.1 Å². The molecule has 0 aliphatic heterocycles. The quantitative estimate of drug-likeness (QED) is 0.171. The monoisotopic (exact) mass is 725 g/mol. The Kier molecular flexibility index (Phi) is 8.36. The zero-order valence-electron chi connectivity index (χ0n) is 34.3. The standard InChI is InChI=1S/C55H51N/c1-34-25-47(26-35(2)36(34)3)56(45-13-11-10-12-14-45)46-24-19-39-28-50-51(31-40(39)27-46)53-33-42-30-49(38-17-22-44(23-18-38)55(7,8)9)48(29-41(42)32-52(50)53)37-15-20-43(21-16-37)54(4,5)6/h10-33H,1-9H3. The Hall–Kier alpha value is -5.92. The molecule has 0 fully saturated rings. The van der Waals surface area contributed by atoms with Gasteiger partial charge in [0, 0.05) is 17.1 Å². The van der Waals surface area contributed by atoms with Crippen LogP contribution in [0.3, 0.4) is 0 Å². The van der Waals surface area contributed by atoms with Crippen molar-refractivity contribution >= 4 is 38.6 Å². The molecule has 0 saturated heterocycles. The summed E-state index contributed by atoms with van der Waals surface area (Å²) in [6, 6.07) is 55.3. The number of nitrogens with zero attached hydrogens (tertiary/aromatic N) is 1. The van der Waals surface area contributed by atoms with Gasteiger partial charge in [-0.3, -0.25) is 0 Å². The number of anilines is 3. The highest BCUT2D eigenvalue weighted by molar-refractivity contribution is 6.13. The molecule has 8 aromatic carbocycles. The van der Waals surface area contributed by atoms with E-state index in [4.69, 9.17) is 0 Å². The predicted molar refractivity (Wildman–Crippen MR) is 243 cm³/mol. The van der Waals surface area contributed by atoms with Crippen LogP contribution < -0.4 is 4.90 Å². The minimum Gasteiger partial charge on any atom is -0.310 e. The topological polar surface area (TPSA) is 3.24 Å². The summed E-state index contributed by atoms with van der Waals surface area (Å²) in [5, 5.41) is 5.06. The Morgan fingerprint density at radius 1 is 0.339 bits per heavy atom. The third-order valence-electron chi connectivity index (χ3n) is 12.2. The van der Waals surface area contributed by atoms with Gasteiger partial charge in [-0.2, -0.15) is 0 Å². The normalized spacial score (nSPS) is 12.4. The third kappa shape index (κ3) is 6.20. The Balaban J connectivity index is 1.16. The molecule has 0 saturated carbocycles. The van der Waals surface area contributed by atoms with Crippen LogP contribution in [0.25, 0.3) is 66.1 Å². The van der Waals surface area contributed by atoms with Crippen molar-refractivity contribution < 1.29 is 0 Å². The highest BCUT2D eigenvalue weighted by Crippen LogP contribution is 2.52. The summed E-state index contributed by atoms with van der Waals surface area (Å²) < 4.78 is 0. The van der Waals surface area contributed by atoms with Crippen LogP contribution in [0.5, 0.6) is 0 Å². The van der Waals surface area contributed by atoms with Crippen LogP contribution in [-0.2, 0) is 10.8 Å². The van der Waals surface area contributed by atoms with E-state index in [1.165, 1.54) is 99.6 Å². The van der Waals surface area contributed by atoms with Crippen molar-refractivity contribution in [2.24, 2.45) is 0 Å². The Labute approximate surface area is 333 Å². The average Bonchev–Trinajstić information content (AvgIpc) is 3.18. The number of aryl methyl sites for hydroxylation is 2. The second-order valence-electron chi connectivity index (χ2n) is 18.1. The summed E-state index contributed by atoms with van der Waals surface area (Å²) in [4.78, 5) is 2.39. The summed E-state index contributed by atoms with van der Waals surface area (Å²) in [5.41, 5.74) is 20.8. The zero-order chi connectivity index (χ0) is 39.1. The molecule has 1 aliphatic rings. The van der Waals surface area contributed by atoms with Gasteiger partial charge in [0.25, 0.3) is 0 Å². The van der Waals surface area contributed by atoms with Crippen molar-refractivity contribution in [2.75, 3.05) is 4.90 Å². The first kappa shape index (κ1) is 35.8. The molecule has 0 amide bonds. The van der Waals surface area contributed by atoms with E-state index in [0.29, 0.717) is 0 Å². The van der Waals surface area contributed by atoms with E-state index in [2.05, 4.69) is 213 Å². The molecule has 1 heteroatoms. The van der Waals surface area contributed by atoms with Gasteiger partial charge in [-0.15, -0.1) is 0 Å². The number of hydrogen-bond donors (Lipinski definition) is 0. The molecule has 0 N–H and O–H groups in total. The van der Waals surface area contributed by atoms with Gasteiger partial charge in [-0.25, -0.2) is 0 Å². The van der Waals surface area contributed by atoms with Crippen LogP contribution in [-0.4, -0.2) is 0 Å². The van der Waals surface area contributed by atoms with Gasteiger partial charge in [-0.05, 0) is 198 Å². The fourth-order valence-corrected chi connectivity index (χ4v) is 8.55. The number of fused-ring (bicyclic) bond motifs is 6. The van der Waals surface area contributed by atoms with Crippen LogP contribution >= 0.6 is 0 Å². The zero-order valence-corrected chi connectivity index (χ0v) is 34.3. The fraction of sp³-hybridized carbons (Fsp3) is 0.200. The molecule has 0 bridgehead atoms. The maximum Gasteiger partial charge on any atom is 0.0468 e. The molecule has 8 aromatic rings. The van der Waals surface area contributed by atoms with Crippen molar-refractivity contribution in [3.05, 3.63) is 173 Å². The molecular weight excluding hydrogens is 675 g/mol. The van der Waals surface area contributed by atoms with Crippen LogP contribution in [0, 0.1) is 20.8 Å². The second-order valence-corrected chi connectivity index (χ2v) is 18.1. The van der Waals surface area contributed by atoms with E-state index in [1.54, 1.807) is 0 Å². The van der Waals surface area contributed by atoms with Gasteiger partial charge in [0.05, 0.1) is 0 Å². The van der Waals surface area contributed by atoms with E-state index in [1.807, 2.05) is 0 Å². The molecule has 0 unspecified atom stereocenters. The maximum atomic E-state index is 2.43. The fourth-order valence-electron chi connectivity index (χ4n) is 8.55. The summed E-state index contributed by atoms with van der Waals surface area (Å²) in [6.45, 7) is 20.3. The lowest BCUT2D eigenvalue weighted by Crippen LogP contribution is -2.11. The Morgan fingerprint density at radius 3 is 1.20 bits per heavy atom. The predicted octanol–water partition coefficient (Wildman–Crippen LogP) is 16.0. The SMILES string of the molecule is Cc1cc(N(c2ccccc2)c2ccc3cc4c(cc3c2)-c2cc3cc(-c5ccc(C(C)(C)C)cc5)c(-c5ccc(C(C)(C)C)cc5)cc3cc2-4)cc(C)c1C. The van der Waals surface area contributed by atoms with Gasteiger partial charge in [-0.1, -0.05) is 114 Å². The molecule has 0 atom stereocenters. The van der Waals surface area contributed by atoms with Gasteiger partial charge in [0.1, 0.15) is 0 Å². The van der Waals surface area contributed by atoms with Crippen LogP contribution in [0.2, 0.25) is 0 Å². The highest BCUT2D eigenvalue weighted by Gasteiger charge is 2.25. The largest absolute Gasteiger partial charge is 0.310 e. The molecular formula is C55H51N. The molecule has 9 rings (SSSR count). The van der Waals surface area contributed by atoms with Crippen LogP contribution in [0.15, 0.2) is 146 Å². The Bertz CT molecular complexity index is 2780. The van der Waals surface area contributed by atoms with Crippen molar-refractivity contribution in [1.82, 2.24) is 0 Å². The minimum atomic E-state index is 0.104. The molecule has 0 radical (unpaired) electrons. The highest BCUT2D eigenvalue weighted by atomic mass is 15.1. The molecule has 1 aliphatic carbocycles. The van der Waals surface area contributed by atoms with Crippen molar-refractivity contribution in [3.63, 3.8) is 0 Å². The van der Waals surface area contributed by atoms with Crippen molar-refractivity contribution in [2.45, 2.75) is 73.1 Å². The lowest BCUT2D eigenvalue weighted by atomic mass is 9.77. The molecule has 0 spiro atoms. The first-order chi connectivity index (χ1) is 26.7. The van der Waals surface area contributed by atoms with Gasteiger partial charge in [0.15, 0.2) is 0 Å². The van der Waals surface area contributed by atoms with Crippen molar-refractivity contribution in [1.29, 1.82) is 0 Å². The molecule has 276 valence electrons. The lowest BCUT2D eigenvalue weighted by molar-refractivity contribution is 0.590. The van der Waals surface area contributed by atoms with E-state index < -0.39 is 0 Å².